The van der Waals surface area contributed by atoms with Crippen molar-refractivity contribution < 1.29 is 52.8 Å². The van der Waals surface area contributed by atoms with E-state index in [4.69, 9.17) is 24.1 Å². The second-order valence-electron chi connectivity index (χ2n) is 43.7. The summed E-state index contributed by atoms with van der Waals surface area (Å²) in [6, 6.07) is 0. The van der Waals surface area contributed by atoms with Crippen LogP contribution in [0.1, 0.15) is 536 Å². The van der Waals surface area contributed by atoms with Gasteiger partial charge >= 0.3 is 23.9 Å². The van der Waals surface area contributed by atoms with E-state index in [1.54, 1.807) is 23.5 Å². The first kappa shape index (κ1) is 134. The number of carbonyl (C=O) groups excluding carboxylic acids is 6. The van der Waals surface area contributed by atoms with E-state index in [0.717, 1.165) is 270 Å². The monoisotopic (exact) mass is 1900 g/mol. The summed E-state index contributed by atoms with van der Waals surface area (Å²) in [7, 11) is 8.16. The lowest BCUT2D eigenvalue weighted by atomic mass is 9.98. The fourth-order valence-corrected chi connectivity index (χ4v) is 19.0. The van der Waals surface area contributed by atoms with Crippen molar-refractivity contribution in [3.8, 4) is 0 Å². The van der Waals surface area contributed by atoms with E-state index < -0.39 is 0 Å². The standard InChI is InChI=1S/C47H91NO6.C47H91NO4S2.C10H22O.C10H22S/c1-40(2)26-23-28-42(5)35-38-52-45(49)32-21-17-13-9-11-15-19-30-44(54-47(51)34-25-37-48(7)8)31-20-16-12-10-14-18-22-33-46(50)53-39-36-43(6)29-24-27-41(3)4;1-40(2)26-23-28-42(5)35-38-53-46(50)33-21-17-13-9-11-15-19-30-44(52-45(49)32-25-37-48(7)8)31-20-16-12-10-14-18-22-34-47(51)54-39-36-43(6)29-24-27-41(3)4;2*1-9(2)5-4-6-10(3)7-8-11/h2*40-44H,9-39H2,1-8H3;2*9-11H,4-8H2,1-3H3/t2*42-,43-;2*10-/m0000/s1. The summed E-state index contributed by atoms with van der Waals surface area (Å²) < 4.78 is 23.0. The molecule has 130 heavy (non-hydrogen) atoms. The Labute approximate surface area is 824 Å². The Bertz CT molecular complexity index is 2150. The summed E-state index contributed by atoms with van der Waals surface area (Å²) in [5.41, 5.74) is 0. The maximum Gasteiger partial charge on any atom is 0.306 e. The molecular formula is C114H226N2O11S3. The molecule has 0 spiro atoms. The van der Waals surface area contributed by atoms with Crippen molar-refractivity contribution in [2.75, 3.05) is 78.4 Å². The number of thioether (sulfide) groups is 2. The van der Waals surface area contributed by atoms with Gasteiger partial charge < -0.3 is 33.9 Å². The lowest BCUT2D eigenvalue weighted by Gasteiger charge is -2.18. The van der Waals surface area contributed by atoms with Crippen LogP contribution in [0.4, 0.5) is 0 Å². The van der Waals surface area contributed by atoms with Crippen LogP contribution in [0.25, 0.3) is 0 Å². The third-order valence-electron chi connectivity index (χ3n) is 25.8. The largest absolute Gasteiger partial charge is 0.466 e. The number of aliphatic hydroxyl groups is 1. The molecule has 16 heteroatoms. The number of hydrogen-bond donors (Lipinski definition) is 2. The molecule has 6 atom stereocenters. The van der Waals surface area contributed by atoms with Crippen LogP contribution in [-0.4, -0.2) is 140 Å². The first-order valence-electron chi connectivity index (χ1n) is 55.6. The average molecular weight is 1900 g/mol. The van der Waals surface area contributed by atoms with Gasteiger partial charge in [0, 0.05) is 56.6 Å². The highest BCUT2D eigenvalue weighted by Crippen LogP contribution is 2.27. The van der Waals surface area contributed by atoms with E-state index in [-0.39, 0.29) is 36.1 Å². The number of hydrogen-bond acceptors (Lipinski definition) is 16. The number of ether oxygens (including phenoxy) is 4. The van der Waals surface area contributed by atoms with Crippen molar-refractivity contribution in [1.82, 2.24) is 9.80 Å². The second kappa shape index (κ2) is 100. The lowest BCUT2D eigenvalue weighted by Crippen LogP contribution is -2.20. The van der Waals surface area contributed by atoms with Gasteiger partial charge in [-0.1, -0.05) is 392 Å². The normalized spacial score (nSPS) is 13.1. The first-order valence-corrected chi connectivity index (χ1v) is 58.2. The van der Waals surface area contributed by atoms with Crippen LogP contribution in [0.3, 0.4) is 0 Å². The average Bonchev–Trinajstić information content (AvgIpc) is 0.960. The number of rotatable bonds is 90. The minimum absolute atomic E-state index is 0.0277. The van der Waals surface area contributed by atoms with Crippen LogP contribution in [-0.2, 0) is 47.7 Å². The van der Waals surface area contributed by atoms with Crippen LogP contribution in [0.2, 0.25) is 0 Å². The molecule has 0 amide bonds. The van der Waals surface area contributed by atoms with E-state index in [1.165, 1.54) is 199 Å². The highest BCUT2D eigenvalue weighted by atomic mass is 32.2. The number of esters is 4. The zero-order valence-electron chi connectivity index (χ0n) is 90.7. The van der Waals surface area contributed by atoms with Gasteiger partial charge in [-0.25, -0.2) is 0 Å². The Morgan fingerprint density at radius 2 is 0.469 bits per heavy atom. The molecule has 1 N–H and O–H groups in total. The van der Waals surface area contributed by atoms with Gasteiger partial charge in [0.05, 0.1) is 13.2 Å². The van der Waals surface area contributed by atoms with Crippen LogP contribution in [0.15, 0.2) is 0 Å². The number of nitrogens with zero attached hydrogens (tertiary/aromatic N) is 2. The van der Waals surface area contributed by atoms with Gasteiger partial charge in [0.1, 0.15) is 12.2 Å². The van der Waals surface area contributed by atoms with E-state index in [1.807, 2.05) is 28.2 Å². The van der Waals surface area contributed by atoms with Gasteiger partial charge in [-0.3, -0.25) is 28.8 Å². The second-order valence-corrected chi connectivity index (χ2v) is 46.5. The Hall–Kier alpha value is -1.85. The maximum atomic E-state index is 12.6. The van der Waals surface area contributed by atoms with Gasteiger partial charge in [-0.05, 0) is 246 Å². The third kappa shape index (κ3) is 113. The fraction of sp³-hybridized carbons (Fsp3) is 0.947. The quantitative estimate of drug-likeness (QED) is 0.0255. The molecule has 0 aliphatic carbocycles. The molecule has 0 bridgehead atoms. The van der Waals surface area contributed by atoms with Crippen molar-refractivity contribution in [2.24, 2.45) is 71.0 Å². The molecule has 0 aromatic carbocycles. The predicted octanol–water partition coefficient (Wildman–Crippen LogP) is 34.1. The molecule has 0 radical (unpaired) electrons. The molecule has 0 aliphatic rings. The Balaban J connectivity index is -0.000000985. The van der Waals surface area contributed by atoms with Crippen molar-refractivity contribution in [1.29, 1.82) is 0 Å². The predicted molar refractivity (Wildman–Crippen MR) is 574 cm³/mol. The summed E-state index contributed by atoms with van der Waals surface area (Å²) in [4.78, 5) is 78.2. The molecule has 0 aliphatic heterocycles. The van der Waals surface area contributed by atoms with E-state index in [0.29, 0.717) is 73.5 Å². The Kier molecular flexibility index (Phi) is 104. The summed E-state index contributed by atoms with van der Waals surface area (Å²) in [6.07, 6.45) is 71.1. The zero-order valence-corrected chi connectivity index (χ0v) is 93.2. The number of carbonyl (C=O) groups is 6. The Morgan fingerprint density at radius 1 is 0.246 bits per heavy atom. The number of aliphatic hydroxyl groups excluding tert-OH is 1. The molecule has 0 rings (SSSR count). The molecule has 0 aromatic rings. The van der Waals surface area contributed by atoms with Crippen LogP contribution >= 0.6 is 36.2 Å². The summed E-state index contributed by atoms with van der Waals surface area (Å²) in [6.45, 7) is 44.4. The molecule has 0 aromatic heterocycles. The smallest absolute Gasteiger partial charge is 0.306 e. The van der Waals surface area contributed by atoms with Gasteiger partial charge in [-0.15, -0.1) is 0 Å². The molecule has 0 heterocycles. The van der Waals surface area contributed by atoms with Crippen LogP contribution < -0.4 is 0 Å². The van der Waals surface area contributed by atoms with Gasteiger partial charge in [-0.2, -0.15) is 12.6 Å². The highest BCUT2D eigenvalue weighted by molar-refractivity contribution is 8.13. The highest BCUT2D eigenvalue weighted by Gasteiger charge is 2.19. The molecule has 0 saturated heterocycles. The van der Waals surface area contributed by atoms with Crippen LogP contribution in [0, 0.1) is 71.0 Å². The van der Waals surface area contributed by atoms with Crippen molar-refractivity contribution in [3.63, 3.8) is 0 Å². The maximum absolute atomic E-state index is 12.6. The summed E-state index contributed by atoms with van der Waals surface area (Å²) in [5, 5.41) is 9.41. The molecule has 0 unspecified atom stereocenters. The molecule has 13 nitrogen and oxygen atoms in total. The van der Waals surface area contributed by atoms with Gasteiger partial charge in [0.25, 0.3) is 0 Å². The topological polar surface area (TPSA) is 166 Å². The first-order chi connectivity index (χ1) is 62.1. The lowest BCUT2D eigenvalue weighted by molar-refractivity contribution is -0.151. The summed E-state index contributed by atoms with van der Waals surface area (Å²) in [5.74, 6) is 12.0. The van der Waals surface area contributed by atoms with E-state index in [2.05, 4.69) is 147 Å². The summed E-state index contributed by atoms with van der Waals surface area (Å²) >= 11 is 7.34. The Morgan fingerprint density at radius 3 is 0.715 bits per heavy atom. The number of unbranched alkanes of at least 4 members (excludes halogenated alkanes) is 24. The minimum atomic E-state index is -0.0498. The van der Waals surface area contributed by atoms with Crippen LogP contribution in [0.5, 0.6) is 0 Å². The van der Waals surface area contributed by atoms with Crippen molar-refractivity contribution in [3.05, 3.63) is 0 Å². The number of thiol groups is 1. The SMILES string of the molecule is CC(C)CCC[C@H](C)CCO.CC(C)CCC[C@H](C)CCOC(=O)CCCCCCCCCC(CCCCCCCCCC(=O)OCC[C@@H](C)CCCC(C)C)OC(=O)CCCN(C)C.CC(C)CCC[C@H](C)CCS.CC(C)CCC[C@H](C)CCSC(=O)CCCCCCCCCC(CCCCCCCCCC(=O)SCC[C@@H](C)CCCC(C)C)OC(=O)CCCN(C)C. The fourth-order valence-electron chi connectivity index (χ4n) is 16.5. The van der Waals surface area contributed by atoms with Crippen molar-refractivity contribution in [2.45, 2.75) is 548 Å². The van der Waals surface area contributed by atoms with E-state index in [9.17, 15) is 28.8 Å². The molecule has 0 fully saturated rings. The molecule has 776 valence electrons. The zero-order chi connectivity index (χ0) is 97.9. The minimum Gasteiger partial charge on any atom is -0.466 e. The molecule has 0 saturated carbocycles. The van der Waals surface area contributed by atoms with Gasteiger partial charge in [0.15, 0.2) is 10.2 Å². The van der Waals surface area contributed by atoms with Crippen molar-refractivity contribution >= 4 is 70.3 Å². The molecular weight excluding hydrogens is 1670 g/mol. The van der Waals surface area contributed by atoms with E-state index >= 15 is 0 Å². The third-order valence-corrected chi connectivity index (χ3v) is 28.0. The van der Waals surface area contributed by atoms with Gasteiger partial charge in [0.2, 0.25) is 0 Å².